The maximum atomic E-state index is 14.4. The summed E-state index contributed by atoms with van der Waals surface area (Å²) < 4.78 is 122. The number of aromatic nitrogens is 8. The standard InChI is InChI=1S/2C34H35F4N5/c2*1-22-31(41(2)21-40-22)25-18-29-30(39-20-25)27-9-8-26(42-16-14-34(37,38)15-17-42)19-28(27)43(29)32(23-6-4-3-5-7-23)24-10-12-33(35,36)13-11-24/h2*3-9,18-21,24,32H,10-17H2,1-2H3. The van der Waals surface area contributed by atoms with E-state index in [9.17, 15) is 35.1 Å². The zero-order valence-electron chi connectivity index (χ0n) is 48.8. The maximum absolute atomic E-state index is 14.4. The van der Waals surface area contributed by atoms with Crippen LogP contribution in [0.5, 0.6) is 0 Å². The Morgan fingerprint density at radius 2 is 0.767 bits per heavy atom. The van der Waals surface area contributed by atoms with E-state index in [2.05, 4.69) is 67.6 Å². The van der Waals surface area contributed by atoms with E-state index in [-0.39, 0.29) is 101 Å². The highest BCUT2D eigenvalue weighted by molar-refractivity contribution is 6.09. The lowest BCUT2D eigenvalue weighted by Crippen LogP contribution is -2.39. The van der Waals surface area contributed by atoms with Crippen molar-refractivity contribution in [3.8, 4) is 22.5 Å². The molecule has 18 heteroatoms. The lowest BCUT2D eigenvalue weighted by atomic mass is 9.79. The Bertz CT molecular complexity index is 3770. The Hall–Kier alpha value is -7.76. The number of hydrogen-bond acceptors (Lipinski definition) is 6. The van der Waals surface area contributed by atoms with Crippen LogP contribution in [0.25, 0.3) is 66.4 Å². The van der Waals surface area contributed by atoms with E-state index in [0.29, 0.717) is 25.7 Å². The van der Waals surface area contributed by atoms with Crippen molar-refractivity contribution in [3.63, 3.8) is 0 Å². The molecule has 10 nitrogen and oxygen atoms in total. The third-order valence-corrected chi connectivity index (χ3v) is 19.0. The van der Waals surface area contributed by atoms with Crippen LogP contribution in [0.2, 0.25) is 0 Å². The van der Waals surface area contributed by atoms with E-state index < -0.39 is 23.7 Å². The van der Waals surface area contributed by atoms with Gasteiger partial charge in [0.25, 0.3) is 11.8 Å². The first-order valence-corrected chi connectivity index (χ1v) is 30.2. The molecule has 0 N–H and O–H groups in total. The van der Waals surface area contributed by atoms with Gasteiger partial charge in [0.1, 0.15) is 0 Å². The largest absolute Gasteiger partial charge is 0.371 e. The molecule has 86 heavy (non-hydrogen) atoms. The average molecular weight is 1180 g/mol. The van der Waals surface area contributed by atoms with Crippen LogP contribution in [0.3, 0.4) is 0 Å². The summed E-state index contributed by atoms with van der Waals surface area (Å²) in [5.74, 6) is -10.6. The second-order valence-corrected chi connectivity index (χ2v) is 24.7. The molecule has 2 aliphatic carbocycles. The van der Waals surface area contributed by atoms with Crippen molar-refractivity contribution < 1.29 is 35.1 Å². The highest BCUT2D eigenvalue weighted by atomic mass is 19.3. The predicted molar refractivity (Wildman–Crippen MR) is 324 cm³/mol. The molecule has 2 aliphatic heterocycles. The zero-order chi connectivity index (χ0) is 59.9. The molecule has 14 rings (SSSR count). The zero-order valence-corrected chi connectivity index (χ0v) is 48.8. The predicted octanol–water partition coefficient (Wildman–Crippen LogP) is 17.1. The molecule has 2 unspecified atom stereocenters. The van der Waals surface area contributed by atoms with Gasteiger partial charge in [-0.15, -0.1) is 0 Å². The number of hydrogen-bond donors (Lipinski definition) is 0. The number of halogens is 8. The maximum Gasteiger partial charge on any atom is 0.251 e. The monoisotopic (exact) mass is 1180 g/mol. The molecule has 2 saturated heterocycles. The minimum Gasteiger partial charge on any atom is -0.371 e. The van der Waals surface area contributed by atoms with E-state index in [1.165, 1.54) is 0 Å². The molecular formula is C68H70F8N10. The Labute approximate surface area is 494 Å². The minimum atomic E-state index is -2.64. The Morgan fingerprint density at radius 1 is 0.419 bits per heavy atom. The van der Waals surface area contributed by atoms with Gasteiger partial charge in [0, 0.05) is 137 Å². The van der Waals surface area contributed by atoms with Crippen molar-refractivity contribution in [2.75, 3.05) is 36.0 Å². The Balaban J connectivity index is 0.000000160. The van der Waals surface area contributed by atoms with Crippen molar-refractivity contribution >= 4 is 55.2 Å². The second kappa shape index (κ2) is 22.2. The van der Waals surface area contributed by atoms with Crippen LogP contribution in [0.4, 0.5) is 46.5 Å². The summed E-state index contributed by atoms with van der Waals surface area (Å²) in [4.78, 5) is 23.0. The number of rotatable bonds is 10. The quantitative estimate of drug-likeness (QED) is 0.127. The highest BCUT2D eigenvalue weighted by Crippen LogP contribution is 2.49. The van der Waals surface area contributed by atoms with Gasteiger partial charge in [0.2, 0.25) is 11.8 Å². The molecule has 10 aromatic rings. The first-order valence-electron chi connectivity index (χ1n) is 30.2. The van der Waals surface area contributed by atoms with E-state index in [1.807, 2.05) is 120 Å². The smallest absolute Gasteiger partial charge is 0.251 e. The summed E-state index contributed by atoms with van der Waals surface area (Å²) in [5.41, 5.74) is 14.8. The summed E-state index contributed by atoms with van der Waals surface area (Å²) in [7, 11) is 3.91. The van der Waals surface area contributed by atoms with Crippen molar-refractivity contribution in [3.05, 3.63) is 157 Å². The number of benzene rings is 4. The van der Waals surface area contributed by atoms with Gasteiger partial charge in [0.05, 0.1) is 80.6 Å². The Kier molecular flexibility index (Phi) is 14.8. The first kappa shape index (κ1) is 57.3. The summed E-state index contributed by atoms with van der Waals surface area (Å²) in [6.45, 7) is 5.06. The molecule has 0 amide bonds. The fraction of sp³-hybridized carbons (Fsp3) is 0.412. The highest BCUT2D eigenvalue weighted by Gasteiger charge is 2.42. The van der Waals surface area contributed by atoms with E-state index in [1.54, 1.807) is 12.7 Å². The third kappa shape index (κ3) is 11.0. The molecule has 6 aromatic heterocycles. The molecule has 0 spiro atoms. The van der Waals surface area contributed by atoms with E-state index >= 15 is 0 Å². The number of fused-ring (bicyclic) bond motifs is 6. The van der Waals surface area contributed by atoms with Crippen LogP contribution in [-0.2, 0) is 14.1 Å². The van der Waals surface area contributed by atoms with Gasteiger partial charge in [-0.1, -0.05) is 60.7 Å². The van der Waals surface area contributed by atoms with Gasteiger partial charge in [-0.05, 0) is 111 Å². The number of nitrogens with zero attached hydrogens (tertiary/aromatic N) is 10. The molecule has 448 valence electrons. The van der Waals surface area contributed by atoms with Gasteiger partial charge in [0.15, 0.2) is 0 Å². The first-order chi connectivity index (χ1) is 41.2. The number of alkyl halides is 8. The Morgan fingerprint density at radius 3 is 1.10 bits per heavy atom. The topological polar surface area (TPSA) is 77.8 Å². The molecule has 4 aromatic carbocycles. The molecule has 4 fully saturated rings. The fourth-order valence-corrected chi connectivity index (χ4v) is 14.5. The SMILES string of the molecule is Cc1ncn(C)c1-c1cnc2c3ccc(N4CCC(F)(F)CC4)cc3n(C(c3ccccc3)C3CCC(F)(F)CC3)c2c1.Cc1ncn(C)c1-c1cnc2c3ccc(N4CCC(F)(F)CC4)cc3n(C(c3ccccc3)C3CCC(F)(F)CC3)c2c1. The molecule has 0 radical (unpaired) electrons. The molecule has 4 aliphatic rings. The van der Waals surface area contributed by atoms with Crippen LogP contribution >= 0.6 is 0 Å². The normalized spacial score (nSPS) is 19.7. The van der Waals surface area contributed by atoms with Gasteiger partial charge in [-0.3, -0.25) is 9.97 Å². The lowest BCUT2D eigenvalue weighted by Gasteiger charge is -2.36. The lowest BCUT2D eigenvalue weighted by molar-refractivity contribution is -0.0498. The van der Waals surface area contributed by atoms with Gasteiger partial charge < -0.3 is 28.1 Å². The van der Waals surface area contributed by atoms with Crippen molar-refractivity contribution in [1.82, 2.24) is 38.2 Å². The van der Waals surface area contributed by atoms with Gasteiger partial charge in [-0.25, -0.2) is 45.1 Å². The van der Waals surface area contributed by atoms with Gasteiger partial charge >= 0.3 is 0 Å². The number of anilines is 2. The summed E-state index contributed by atoms with van der Waals surface area (Å²) in [5, 5.41) is 1.91. The summed E-state index contributed by atoms with van der Waals surface area (Å²) in [6, 6.07) is 36.3. The average Bonchev–Trinajstić information content (AvgIpc) is 2.13. The van der Waals surface area contributed by atoms with Crippen molar-refractivity contribution in [2.45, 2.75) is 127 Å². The number of pyridine rings is 2. The van der Waals surface area contributed by atoms with Crippen molar-refractivity contribution in [2.24, 2.45) is 25.9 Å². The third-order valence-electron chi connectivity index (χ3n) is 19.0. The van der Waals surface area contributed by atoms with Crippen LogP contribution in [0.1, 0.15) is 112 Å². The molecule has 8 heterocycles. The summed E-state index contributed by atoms with van der Waals surface area (Å²) in [6.07, 6.45) is 7.69. The van der Waals surface area contributed by atoms with Crippen LogP contribution < -0.4 is 9.80 Å². The number of aryl methyl sites for hydroxylation is 4. The molecule has 0 bridgehead atoms. The van der Waals surface area contributed by atoms with Crippen molar-refractivity contribution in [1.29, 1.82) is 0 Å². The van der Waals surface area contributed by atoms with Crippen LogP contribution in [0.15, 0.2) is 134 Å². The van der Waals surface area contributed by atoms with Crippen LogP contribution in [0, 0.1) is 25.7 Å². The fourth-order valence-electron chi connectivity index (χ4n) is 14.5. The van der Waals surface area contributed by atoms with E-state index in [0.717, 1.165) is 100 Å². The van der Waals surface area contributed by atoms with Crippen LogP contribution in [-0.4, -0.2) is 88.1 Å². The van der Waals surface area contributed by atoms with E-state index in [4.69, 9.17) is 9.97 Å². The minimum absolute atomic E-state index is 0.0137. The number of imidazole rings is 2. The molecule has 2 saturated carbocycles. The second-order valence-electron chi connectivity index (χ2n) is 24.7. The summed E-state index contributed by atoms with van der Waals surface area (Å²) >= 11 is 0. The van der Waals surface area contributed by atoms with Gasteiger partial charge in [-0.2, -0.15) is 0 Å². The molecular weight excluding hydrogens is 1110 g/mol. The molecule has 2 atom stereocenters. The number of piperidine rings is 2.